The molecule has 0 aliphatic carbocycles. The maximum atomic E-state index is 12.4. The first-order chi connectivity index (χ1) is 14.1. The summed E-state index contributed by atoms with van der Waals surface area (Å²) in [6, 6.07) is 16.2. The van der Waals surface area contributed by atoms with E-state index in [-0.39, 0.29) is 5.91 Å². The van der Waals surface area contributed by atoms with Crippen molar-refractivity contribution in [1.82, 2.24) is 10.2 Å². The predicted octanol–water partition coefficient (Wildman–Crippen LogP) is 5.69. The Morgan fingerprint density at radius 2 is 1.55 bits per heavy atom. The van der Waals surface area contributed by atoms with Crippen LogP contribution in [0.1, 0.15) is 29.6 Å². The van der Waals surface area contributed by atoms with Crippen LogP contribution in [0.3, 0.4) is 0 Å². The van der Waals surface area contributed by atoms with Crippen LogP contribution in [-0.4, -0.2) is 29.2 Å². The Balaban J connectivity index is 1.44. The van der Waals surface area contributed by atoms with Gasteiger partial charge in [-0.2, -0.15) is 0 Å². The molecule has 0 bridgehead atoms. The van der Waals surface area contributed by atoms with E-state index in [0.717, 1.165) is 30.2 Å². The van der Waals surface area contributed by atoms with Crippen LogP contribution in [0.2, 0.25) is 10.0 Å². The number of anilines is 2. The fourth-order valence-electron chi connectivity index (χ4n) is 3.38. The van der Waals surface area contributed by atoms with E-state index in [2.05, 4.69) is 20.4 Å². The molecule has 0 unspecified atom stereocenters. The molecule has 0 radical (unpaired) electrons. The molecule has 7 heteroatoms. The van der Waals surface area contributed by atoms with Crippen molar-refractivity contribution in [2.24, 2.45) is 0 Å². The summed E-state index contributed by atoms with van der Waals surface area (Å²) < 4.78 is 0. The molecule has 0 saturated carbocycles. The summed E-state index contributed by atoms with van der Waals surface area (Å²) in [4.78, 5) is 14.7. The van der Waals surface area contributed by atoms with Crippen molar-refractivity contribution >= 4 is 40.6 Å². The zero-order chi connectivity index (χ0) is 20.2. The van der Waals surface area contributed by atoms with E-state index in [1.807, 2.05) is 36.4 Å². The lowest BCUT2D eigenvalue weighted by Gasteiger charge is -2.27. The maximum absolute atomic E-state index is 12.4. The normalized spacial score (nSPS) is 13.9. The number of aromatic nitrogens is 2. The van der Waals surface area contributed by atoms with Crippen molar-refractivity contribution in [3.8, 4) is 11.3 Å². The third-order valence-corrected chi connectivity index (χ3v) is 5.33. The molecule has 0 atom stereocenters. The zero-order valence-electron chi connectivity index (χ0n) is 15.7. The molecular formula is C22H20Cl2N4O. The quantitative estimate of drug-likeness (QED) is 0.581. The van der Waals surface area contributed by atoms with E-state index in [1.165, 1.54) is 19.3 Å². The number of piperidine rings is 1. The minimum atomic E-state index is -0.271. The van der Waals surface area contributed by atoms with E-state index >= 15 is 0 Å². The Labute approximate surface area is 179 Å². The standard InChI is InChI=1S/C22H20Cl2N4O/c23-17-12-16(13-18(24)14-17)22(29)25-19-6-4-15(5-7-19)20-8-9-21(27-26-20)28-10-2-1-3-11-28/h4-9,12-14H,1-3,10-11H2,(H,25,29). The highest BCUT2D eigenvalue weighted by Gasteiger charge is 2.13. The minimum Gasteiger partial charge on any atom is -0.355 e. The van der Waals surface area contributed by atoms with Crippen LogP contribution >= 0.6 is 23.2 Å². The molecule has 2 heterocycles. The second-order valence-corrected chi connectivity index (χ2v) is 7.89. The average Bonchev–Trinajstić information content (AvgIpc) is 2.74. The first-order valence-electron chi connectivity index (χ1n) is 9.55. The molecule has 148 valence electrons. The number of carbonyl (C=O) groups excluding carboxylic acids is 1. The molecule has 1 aliphatic rings. The van der Waals surface area contributed by atoms with Crippen molar-refractivity contribution in [1.29, 1.82) is 0 Å². The predicted molar refractivity (Wildman–Crippen MR) is 118 cm³/mol. The molecule has 1 aliphatic heterocycles. The molecular weight excluding hydrogens is 407 g/mol. The van der Waals surface area contributed by atoms with E-state index in [0.29, 0.717) is 21.3 Å². The fourth-order valence-corrected chi connectivity index (χ4v) is 3.91. The molecule has 29 heavy (non-hydrogen) atoms. The number of amides is 1. The highest BCUT2D eigenvalue weighted by Crippen LogP contribution is 2.23. The lowest BCUT2D eigenvalue weighted by Crippen LogP contribution is -2.30. The summed E-state index contributed by atoms with van der Waals surface area (Å²) in [6.45, 7) is 2.08. The van der Waals surface area contributed by atoms with Gasteiger partial charge in [-0.1, -0.05) is 35.3 Å². The second-order valence-electron chi connectivity index (χ2n) is 7.01. The number of hydrogen-bond acceptors (Lipinski definition) is 4. The van der Waals surface area contributed by atoms with Gasteiger partial charge in [-0.3, -0.25) is 4.79 Å². The van der Waals surface area contributed by atoms with Crippen molar-refractivity contribution in [3.63, 3.8) is 0 Å². The van der Waals surface area contributed by atoms with E-state index in [1.54, 1.807) is 18.2 Å². The molecule has 1 fully saturated rings. The first-order valence-corrected chi connectivity index (χ1v) is 10.3. The molecule has 1 saturated heterocycles. The number of nitrogens with zero attached hydrogens (tertiary/aromatic N) is 3. The van der Waals surface area contributed by atoms with Gasteiger partial charge in [-0.25, -0.2) is 0 Å². The molecule has 1 N–H and O–H groups in total. The number of hydrogen-bond donors (Lipinski definition) is 1. The zero-order valence-corrected chi connectivity index (χ0v) is 17.2. The molecule has 5 nitrogen and oxygen atoms in total. The summed E-state index contributed by atoms with van der Waals surface area (Å²) in [5.74, 6) is 0.658. The van der Waals surface area contributed by atoms with Gasteiger partial charge in [0.25, 0.3) is 5.91 Å². The van der Waals surface area contributed by atoms with Gasteiger partial charge in [0.1, 0.15) is 0 Å². The first kappa shape index (κ1) is 19.7. The van der Waals surface area contributed by atoms with E-state index in [4.69, 9.17) is 23.2 Å². The minimum absolute atomic E-state index is 0.271. The number of halogens is 2. The monoisotopic (exact) mass is 426 g/mol. The van der Waals surface area contributed by atoms with Crippen molar-refractivity contribution in [2.45, 2.75) is 19.3 Å². The van der Waals surface area contributed by atoms with E-state index in [9.17, 15) is 4.79 Å². The Kier molecular flexibility index (Phi) is 5.97. The molecule has 1 amide bonds. The smallest absolute Gasteiger partial charge is 0.255 e. The van der Waals surface area contributed by atoms with Crippen LogP contribution in [0.5, 0.6) is 0 Å². The third kappa shape index (κ3) is 4.86. The van der Waals surface area contributed by atoms with Gasteiger partial charge in [-0.05, 0) is 61.7 Å². The maximum Gasteiger partial charge on any atom is 0.255 e. The SMILES string of the molecule is O=C(Nc1ccc(-c2ccc(N3CCCCC3)nn2)cc1)c1cc(Cl)cc(Cl)c1. The summed E-state index contributed by atoms with van der Waals surface area (Å²) in [6.07, 6.45) is 3.70. The lowest BCUT2D eigenvalue weighted by atomic mass is 10.1. The van der Waals surface area contributed by atoms with Crippen LogP contribution in [0.15, 0.2) is 54.6 Å². The van der Waals surface area contributed by atoms with Crippen molar-refractivity contribution < 1.29 is 4.79 Å². The Morgan fingerprint density at radius 1 is 0.862 bits per heavy atom. The topological polar surface area (TPSA) is 58.1 Å². The van der Waals surface area contributed by atoms with Crippen molar-refractivity contribution in [3.05, 3.63) is 70.2 Å². The van der Waals surface area contributed by atoms with Crippen LogP contribution in [0.4, 0.5) is 11.5 Å². The van der Waals surface area contributed by atoms with Gasteiger partial charge in [0, 0.05) is 39.9 Å². The molecule has 1 aromatic heterocycles. The molecule has 3 aromatic rings. The van der Waals surface area contributed by atoms with Gasteiger partial charge >= 0.3 is 0 Å². The lowest BCUT2D eigenvalue weighted by molar-refractivity contribution is 0.102. The summed E-state index contributed by atoms with van der Waals surface area (Å²) in [7, 11) is 0. The van der Waals surface area contributed by atoms with E-state index < -0.39 is 0 Å². The molecule has 4 rings (SSSR count). The molecule has 2 aromatic carbocycles. The Hall–Kier alpha value is -2.63. The van der Waals surface area contributed by atoms with Crippen molar-refractivity contribution in [2.75, 3.05) is 23.3 Å². The fraction of sp³-hybridized carbons (Fsp3) is 0.227. The number of nitrogens with one attached hydrogen (secondary N) is 1. The van der Waals surface area contributed by atoms with Gasteiger partial charge in [0.15, 0.2) is 5.82 Å². The van der Waals surface area contributed by atoms with Crippen LogP contribution < -0.4 is 10.2 Å². The highest BCUT2D eigenvalue weighted by molar-refractivity contribution is 6.35. The third-order valence-electron chi connectivity index (χ3n) is 4.89. The summed E-state index contributed by atoms with van der Waals surface area (Å²) in [5, 5.41) is 12.4. The Morgan fingerprint density at radius 3 is 2.17 bits per heavy atom. The Bertz CT molecular complexity index is 980. The largest absolute Gasteiger partial charge is 0.355 e. The summed E-state index contributed by atoms with van der Waals surface area (Å²) >= 11 is 11.9. The van der Waals surface area contributed by atoms with Gasteiger partial charge in [0.05, 0.1) is 5.69 Å². The number of carbonyl (C=O) groups is 1. The average molecular weight is 427 g/mol. The van der Waals surface area contributed by atoms with Crippen LogP contribution in [-0.2, 0) is 0 Å². The van der Waals surface area contributed by atoms with Gasteiger partial charge in [-0.15, -0.1) is 10.2 Å². The van der Waals surface area contributed by atoms with Crippen LogP contribution in [0.25, 0.3) is 11.3 Å². The second kappa shape index (κ2) is 8.80. The van der Waals surface area contributed by atoms with Gasteiger partial charge < -0.3 is 10.2 Å². The molecule has 0 spiro atoms. The number of rotatable bonds is 4. The summed E-state index contributed by atoms with van der Waals surface area (Å²) in [5.41, 5.74) is 2.82. The number of benzene rings is 2. The van der Waals surface area contributed by atoms with Crippen LogP contribution in [0, 0.1) is 0 Å². The van der Waals surface area contributed by atoms with Gasteiger partial charge in [0.2, 0.25) is 0 Å². The highest BCUT2D eigenvalue weighted by atomic mass is 35.5.